The van der Waals surface area contributed by atoms with E-state index in [1.54, 1.807) is 0 Å². The maximum absolute atomic E-state index is 6.44. The lowest BCUT2D eigenvalue weighted by atomic mass is 10.2. The largest absolute Gasteiger partial charge is 0.415 e. The van der Waals surface area contributed by atoms with E-state index in [1.165, 1.54) is 5.56 Å². The zero-order valence-corrected chi connectivity index (χ0v) is 20.8. The molecule has 0 N–H and O–H groups in total. The van der Waals surface area contributed by atoms with Gasteiger partial charge in [-0.2, -0.15) is 0 Å². The highest BCUT2D eigenvalue weighted by Crippen LogP contribution is 2.37. The zero-order valence-electron chi connectivity index (χ0n) is 16.6. The standard InChI is InChI=1S/C19H32Br2N2OSi/c1-9-11-23(14(3)13-24-25(7,8)19(4,5)6)16-12-15(10-2)17(20)22-18(16)21/h9,12,14H,1,10-11,13H2,2-8H3/t14-/m1/s1. The highest BCUT2D eigenvalue weighted by Gasteiger charge is 2.37. The van der Waals surface area contributed by atoms with Crippen LogP contribution in [-0.4, -0.2) is 32.5 Å². The van der Waals surface area contributed by atoms with Crippen LogP contribution in [0.4, 0.5) is 5.69 Å². The molecule has 0 bridgehead atoms. The van der Waals surface area contributed by atoms with Gasteiger partial charge in [-0.15, -0.1) is 6.58 Å². The minimum absolute atomic E-state index is 0.213. The van der Waals surface area contributed by atoms with Crippen molar-refractivity contribution in [1.29, 1.82) is 0 Å². The number of hydrogen-bond donors (Lipinski definition) is 0. The molecule has 0 saturated carbocycles. The van der Waals surface area contributed by atoms with Crippen LogP contribution in [0, 0.1) is 0 Å². The summed E-state index contributed by atoms with van der Waals surface area (Å²) in [4.78, 5) is 6.91. The molecule has 0 amide bonds. The normalized spacial score (nSPS) is 13.6. The predicted octanol–water partition coefficient (Wildman–Crippen LogP) is 6.57. The Morgan fingerprint density at radius 3 is 2.40 bits per heavy atom. The van der Waals surface area contributed by atoms with Crippen LogP contribution in [0.25, 0.3) is 0 Å². The lowest BCUT2D eigenvalue weighted by Gasteiger charge is -2.39. The van der Waals surface area contributed by atoms with Crippen LogP contribution in [0.15, 0.2) is 27.9 Å². The fourth-order valence-corrected chi connectivity index (χ4v) is 4.66. The second-order valence-corrected chi connectivity index (χ2v) is 14.3. The van der Waals surface area contributed by atoms with Crippen molar-refractivity contribution in [2.24, 2.45) is 0 Å². The smallest absolute Gasteiger partial charge is 0.192 e. The average Bonchev–Trinajstić information content (AvgIpc) is 2.50. The van der Waals surface area contributed by atoms with E-state index in [0.29, 0.717) is 6.61 Å². The van der Waals surface area contributed by atoms with Crippen LogP contribution in [0.1, 0.15) is 40.2 Å². The first-order valence-corrected chi connectivity index (χ1v) is 13.3. The number of aromatic nitrogens is 1. The summed E-state index contributed by atoms with van der Waals surface area (Å²) < 4.78 is 8.19. The molecule has 1 atom stereocenters. The van der Waals surface area contributed by atoms with E-state index in [0.717, 1.165) is 27.9 Å². The van der Waals surface area contributed by atoms with Gasteiger partial charge in [-0.3, -0.25) is 0 Å². The number of aryl methyl sites for hydroxylation is 1. The monoisotopic (exact) mass is 490 g/mol. The number of hydrogen-bond acceptors (Lipinski definition) is 3. The molecule has 0 saturated heterocycles. The molecule has 0 aliphatic carbocycles. The summed E-state index contributed by atoms with van der Waals surface area (Å²) in [5.41, 5.74) is 2.29. The van der Waals surface area contributed by atoms with E-state index in [1.807, 2.05) is 6.08 Å². The van der Waals surface area contributed by atoms with Crippen molar-refractivity contribution in [3.05, 3.63) is 33.5 Å². The third-order valence-corrected chi connectivity index (χ3v) is 10.8. The first kappa shape index (κ1) is 22.9. The van der Waals surface area contributed by atoms with Gasteiger partial charge in [-0.25, -0.2) is 4.98 Å². The van der Waals surface area contributed by atoms with Crippen molar-refractivity contribution in [2.45, 2.75) is 65.2 Å². The van der Waals surface area contributed by atoms with Crippen LogP contribution < -0.4 is 4.90 Å². The second kappa shape index (κ2) is 9.15. The average molecular weight is 492 g/mol. The molecule has 1 heterocycles. The maximum atomic E-state index is 6.44. The number of pyridine rings is 1. The van der Waals surface area contributed by atoms with Gasteiger partial charge in [-0.1, -0.05) is 33.8 Å². The topological polar surface area (TPSA) is 25.4 Å². The van der Waals surface area contributed by atoms with Gasteiger partial charge in [0.1, 0.15) is 9.21 Å². The Kier molecular flexibility index (Phi) is 8.37. The van der Waals surface area contributed by atoms with Gasteiger partial charge >= 0.3 is 0 Å². The molecule has 25 heavy (non-hydrogen) atoms. The quantitative estimate of drug-likeness (QED) is 0.233. The minimum atomic E-state index is -1.77. The highest BCUT2D eigenvalue weighted by molar-refractivity contribution is 9.11. The lowest BCUT2D eigenvalue weighted by molar-refractivity contribution is 0.265. The van der Waals surface area contributed by atoms with Gasteiger partial charge in [0.15, 0.2) is 8.32 Å². The van der Waals surface area contributed by atoms with Gasteiger partial charge in [0.05, 0.1) is 12.3 Å². The first-order chi connectivity index (χ1) is 11.4. The molecule has 6 heteroatoms. The molecule has 142 valence electrons. The van der Waals surface area contributed by atoms with Crippen LogP contribution in [0.3, 0.4) is 0 Å². The Morgan fingerprint density at radius 2 is 1.92 bits per heavy atom. The molecule has 1 rings (SSSR count). The van der Waals surface area contributed by atoms with Crippen molar-refractivity contribution in [3.8, 4) is 0 Å². The molecule has 0 aromatic carbocycles. The molecule has 0 aliphatic rings. The molecule has 0 radical (unpaired) electrons. The van der Waals surface area contributed by atoms with E-state index < -0.39 is 8.32 Å². The second-order valence-electron chi connectivity index (χ2n) is 7.96. The van der Waals surface area contributed by atoms with Gasteiger partial charge in [-0.05, 0) is 75.0 Å². The van der Waals surface area contributed by atoms with Gasteiger partial charge in [0.2, 0.25) is 0 Å². The molecular weight excluding hydrogens is 460 g/mol. The summed E-state index contributed by atoms with van der Waals surface area (Å²) in [5.74, 6) is 0. The molecule has 1 aromatic rings. The Hall–Kier alpha value is -0.173. The number of rotatable bonds is 8. The molecule has 0 aliphatic heterocycles. The third kappa shape index (κ3) is 5.91. The van der Waals surface area contributed by atoms with E-state index in [9.17, 15) is 0 Å². The molecular formula is C19H32Br2N2OSi. The lowest BCUT2D eigenvalue weighted by Crippen LogP contribution is -2.45. The molecule has 0 spiro atoms. The number of nitrogens with zero attached hydrogens (tertiary/aromatic N) is 2. The van der Waals surface area contributed by atoms with Gasteiger partial charge in [0, 0.05) is 12.6 Å². The van der Waals surface area contributed by atoms with Crippen LogP contribution in [-0.2, 0) is 10.8 Å². The summed E-state index contributed by atoms with van der Waals surface area (Å²) in [6.45, 7) is 21.1. The summed E-state index contributed by atoms with van der Waals surface area (Å²) >= 11 is 7.17. The highest BCUT2D eigenvalue weighted by atomic mass is 79.9. The van der Waals surface area contributed by atoms with Crippen molar-refractivity contribution in [3.63, 3.8) is 0 Å². The van der Waals surface area contributed by atoms with E-state index in [2.05, 4.69) is 102 Å². The van der Waals surface area contributed by atoms with Gasteiger partial charge in [0.25, 0.3) is 0 Å². The van der Waals surface area contributed by atoms with Crippen molar-refractivity contribution in [1.82, 2.24) is 4.98 Å². The SMILES string of the molecule is C=CCN(c1cc(CC)c(Br)nc1Br)[C@H](C)CO[Si](C)(C)C(C)(C)C. The van der Waals surface area contributed by atoms with Crippen molar-refractivity contribution >= 4 is 45.9 Å². The Balaban J connectivity index is 3.06. The Morgan fingerprint density at radius 1 is 1.32 bits per heavy atom. The van der Waals surface area contributed by atoms with Crippen LogP contribution >= 0.6 is 31.9 Å². The Labute approximate surface area is 171 Å². The van der Waals surface area contributed by atoms with E-state index >= 15 is 0 Å². The molecule has 3 nitrogen and oxygen atoms in total. The third-order valence-electron chi connectivity index (χ3n) is 5.02. The fraction of sp³-hybridized carbons (Fsp3) is 0.632. The number of halogens is 2. The van der Waals surface area contributed by atoms with E-state index in [-0.39, 0.29) is 11.1 Å². The predicted molar refractivity (Wildman–Crippen MR) is 119 cm³/mol. The molecule has 0 unspecified atom stereocenters. The maximum Gasteiger partial charge on any atom is 0.192 e. The summed E-state index contributed by atoms with van der Waals surface area (Å²) in [5, 5.41) is 0.213. The molecule has 0 fully saturated rings. The van der Waals surface area contributed by atoms with E-state index in [4.69, 9.17) is 4.43 Å². The number of anilines is 1. The molecule has 1 aromatic heterocycles. The van der Waals surface area contributed by atoms with Crippen LogP contribution in [0.5, 0.6) is 0 Å². The van der Waals surface area contributed by atoms with Gasteiger partial charge < -0.3 is 9.33 Å². The summed E-state index contributed by atoms with van der Waals surface area (Å²) in [7, 11) is -1.77. The van der Waals surface area contributed by atoms with Crippen molar-refractivity contribution in [2.75, 3.05) is 18.1 Å². The Bertz CT molecular complexity index is 600. The summed E-state index contributed by atoms with van der Waals surface area (Å²) in [6, 6.07) is 2.43. The summed E-state index contributed by atoms with van der Waals surface area (Å²) in [6.07, 6.45) is 2.87. The van der Waals surface area contributed by atoms with Crippen molar-refractivity contribution < 1.29 is 4.43 Å². The van der Waals surface area contributed by atoms with Crippen LogP contribution in [0.2, 0.25) is 18.1 Å². The fourth-order valence-electron chi connectivity index (χ4n) is 2.24. The first-order valence-electron chi connectivity index (χ1n) is 8.81. The zero-order chi connectivity index (χ0) is 19.4. The minimum Gasteiger partial charge on any atom is -0.415 e.